The van der Waals surface area contributed by atoms with E-state index in [1.807, 2.05) is 0 Å². The highest BCUT2D eigenvalue weighted by atomic mass is 127. The van der Waals surface area contributed by atoms with E-state index in [-0.39, 0.29) is 0 Å². The molecule has 1 heterocycles. The minimum atomic E-state index is 0.881. The number of piperidine rings is 1. The van der Waals surface area contributed by atoms with E-state index < -0.39 is 0 Å². The predicted octanol–water partition coefficient (Wildman–Crippen LogP) is 4.45. The molecule has 2 fully saturated rings. The molecule has 0 aromatic heterocycles. The van der Waals surface area contributed by atoms with Crippen molar-refractivity contribution in [1.82, 2.24) is 4.90 Å². The van der Waals surface area contributed by atoms with Crippen LogP contribution < -0.4 is 0 Å². The van der Waals surface area contributed by atoms with Crippen LogP contribution >= 0.6 is 22.6 Å². The van der Waals surface area contributed by atoms with Gasteiger partial charge in [0.05, 0.1) is 0 Å². The summed E-state index contributed by atoms with van der Waals surface area (Å²) in [5.41, 5.74) is 1.49. The molecule has 2 unspecified atom stereocenters. The Labute approximate surface area is 124 Å². The van der Waals surface area contributed by atoms with Gasteiger partial charge in [-0.2, -0.15) is 0 Å². The second-order valence-corrected chi connectivity index (χ2v) is 7.10. The first kappa shape index (κ1) is 12.9. The average Bonchev–Trinajstić information content (AvgIpc) is 2.42. The largest absolute Gasteiger partial charge is 0.296 e. The van der Waals surface area contributed by atoms with Gasteiger partial charge in [0.2, 0.25) is 0 Å². The van der Waals surface area contributed by atoms with Crippen molar-refractivity contribution < 1.29 is 0 Å². The smallest absolute Gasteiger partial charge is 0.0236 e. The van der Waals surface area contributed by atoms with Crippen LogP contribution in [0, 0.1) is 9.49 Å². The van der Waals surface area contributed by atoms with Crippen molar-refractivity contribution in [3.05, 3.63) is 33.4 Å². The van der Waals surface area contributed by atoms with Crippen LogP contribution in [0.15, 0.2) is 24.3 Å². The second-order valence-electron chi connectivity index (χ2n) is 5.85. The number of halogens is 1. The zero-order valence-corrected chi connectivity index (χ0v) is 13.1. The number of hydrogen-bond donors (Lipinski definition) is 0. The first-order chi connectivity index (χ1) is 8.83. The summed E-state index contributed by atoms with van der Waals surface area (Å²) in [6.07, 6.45) is 8.73. The van der Waals surface area contributed by atoms with Crippen molar-refractivity contribution in [3.8, 4) is 0 Å². The molecule has 1 aliphatic carbocycles. The lowest BCUT2D eigenvalue weighted by molar-refractivity contribution is 0.0547. The maximum Gasteiger partial charge on any atom is 0.0236 e. The minimum Gasteiger partial charge on any atom is -0.296 e. The van der Waals surface area contributed by atoms with E-state index in [2.05, 4.69) is 51.8 Å². The SMILES string of the molecule is Ic1ccc(CN2CCCC3CCCCC32)cc1. The maximum absolute atomic E-state index is 2.76. The molecule has 1 aliphatic heterocycles. The third-order valence-corrected chi connectivity index (χ3v) is 5.38. The third-order valence-electron chi connectivity index (χ3n) is 4.66. The van der Waals surface area contributed by atoms with Crippen molar-refractivity contribution in [3.63, 3.8) is 0 Å². The molecular formula is C16H22IN. The van der Waals surface area contributed by atoms with E-state index in [0.29, 0.717) is 0 Å². The van der Waals surface area contributed by atoms with Crippen LogP contribution in [0.3, 0.4) is 0 Å². The third kappa shape index (κ3) is 2.90. The van der Waals surface area contributed by atoms with Gasteiger partial charge in [-0.3, -0.25) is 4.90 Å². The molecule has 1 saturated carbocycles. The van der Waals surface area contributed by atoms with E-state index >= 15 is 0 Å². The average molecular weight is 355 g/mol. The van der Waals surface area contributed by atoms with Crippen LogP contribution in [0.25, 0.3) is 0 Å². The molecule has 18 heavy (non-hydrogen) atoms. The van der Waals surface area contributed by atoms with Gasteiger partial charge in [-0.1, -0.05) is 25.0 Å². The fraction of sp³-hybridized carbons (Fsp3) is 0.625. The lowest BCUT2D eigenvalue weighted by Gasteiger charge is -2.44. The van der Waals surface area contributed by atoms with Gasteiger partial charge >= 0.3 is 0 Å². The molecule has 1 saturated heterocycles. The molecule has 1 aromatic rings. The summed E-state index contributed by atoms with van der Waals surface area (Å²) >= 11 is 2.38. The molecule has 3 rings (SSSR count). The van der Waals surface area contributed by atoms with Gasteiger partial charge in [-0.15, -0.1) is 0 Å². The maximum atomic E-state index is 2.76. The Morgan fingerprint density at radius 2 is 1.72 bits per heavy atom. The van der Waals surface area contributed by atoms with Crippen LogP contribution in [-0.4, -0.2) is 17.5 Å². The van der Waals surface area contributed by atoms with Crippen molar-refractivity contribution in [2.75, 3.05) is 6.54 Å². The predicted molar refractivity (Wildman–Crippen MR) is 84.5 cm³/mol. The highest BCUT2D eigenvalue weighted by Crippen LogP contribution is 2.35. The molecule has 1 aromatic carbocycles. The van der Waals surface area contributed by atoms with E-state index in [4.69, 9.17) is 0 Å². The van der Waals surface area contributed by atoms with E-state index in [1.165, 1.54) is 54.2 Å². The van der Waals surface area contributed by atoms with E-state index in [0.717, 1.165) is 18.5 Å². The van der Waals surface area contributed by atoms with Crippen LogP contribution in [0.5, 0.6) is 0 Å². The number of nitrogens with zero attached hydrogens (tertiary/aromatic N) is 1. The summed E-state index contributed by atoms with van der Waals surface area (Å²) in [6, 6.07) is 9.95. The molecule has 0 radical (unpaired) electrons. The van der Waals surface area contributed by atoms with Crippen LogP contribution in [0.2, 0.25) is 0 Å². The molecule has 1 nitrogen and oxygen atoms in total. The fourth-order valence-corrected chi connectivity index (χ4v) is 4.11. The molecule has 0 N–H and O–H groups in total. The Morgan fingerprint density at radius 1 is 1.00 bits per heavy atom. The van der Waals surface area contributed by atoms with Gasteiger partial charge in [-0.25, -0.2) is 0 Å². The normalized spacial score (nSPS) is 28.9. The lowest BCUT2D eigenvalue weighted by Crippen LogP contribution is -2.46. The molecule has 2 heteroatoms. The van der Waals surface area contributed by atoms with Gasteiger partial charge in [0, 0.05) is 16.2 Å². The monoisotopic (exact) mass is 355 g/mol. The van der Waals surface area contributed by atoms with Gasteiger partial charge in [0.1, 0.15) is 0 Å². The first-order valence-electron chi connectivity index (χ1n) is 7.31. The fourth-order valence-electron chi connectivity index (χ4n) is 3.75. The van der Waals surface area contributed by atoms with E-state index in [9.17, 15) is 0 Å². The summed E-state index contributed by atoms with van der Waals surface area (Å²) in [4.78, 5) is 2.76. The number of likely N-dealkylation sites (tertiary alicyclic amines) is 1. The Bertz CT molecular complexity index is 385. The van der Waals surface area contributed by atoms with Crippen molar-refractivity contribution in [2.45, 2.75) is 51.1 Å². The first-order valence-corrected chi connectivity index (χ1v) is 8.39. The zero-order chi connectivity index (χ0) is 12.4. The molecule has 2 atom stereocenters. The summed E-state index contributed by atoms with van der Waals surface area (Å²) in [7, 11) is 0. The number of fused-ring (bicyclic) bond motifs is 1. The Balaban J connectivity index is 1.69. The van der Waals surface area contributed by atoms with Gasteiger partial charge in [0.15, 0.2) is 0 Å². The molecule has 0 spiro atoms. The Hall–Kier alpha value is -0.0900. The Kier molecular flexibility index (Phi) is 4.24. The molecule has 0 bridgehead atoms. The topological polar surface area (TPSA) is 3.24 Å². The number of benzene rings is 1. The van der Waals surface area contributed by atoms with Gasteiger partial charge < -0.3 is 0 Å². The van der Waals surface area contributed by atoms with Crippen molar-refractivity contribution >= 4 is 22.6 Å². The minimum absolute atomic E-state index is 0.881. The summed E-state index contributed by atoms with van der Waals surface area (Å²) in [6.45, 7) is 2.48. The van der Waals surface area contributed by atoms with Crippen LogP contribution in [0.1, 0.15) is 44.1 Å². The van der Waals surface area contributed by atoms with Gasteiger partial charge in [0.25, 0.3) is 0 Å². The van der Waals surface area contributed by atoms with Crippen LogP contribution in [0.4, 0.5) is 0 Å². The molecule has 2 aliphatic rings. The number of hydrogen-bond acceptors (Lipinski definition) is 1. The second kappa shape index (κ2) is 5.91. The zero-order valence-electron chi connectivity index (χ0n) is 10.9. The standard InChI is InChI=1S/C16H22IN/c17-15-9-7-13(8-10-15)12-18-11-3-5-14-4-1-2-6-16(14)18/h7-10,14,16H,1-6,11-12H2. The Morgan fingerprint density at radius 3 is 2.56 bits per heavy atom. The highest BCUT2D eigenvalue weighted by molar-refractivity contribution is 14.1. The van der Waals surface area contributed by atoms with Crippen molar-refractivity contribution in [1.29, 1.82) is 0 Å². The van der Waals surface area contributed by atoms with E-state index in [1.54, 1.807) is 0 Å². The molecule has 0 amide bonds. The molecule has 98 valence electrons. The quantitative estimate of drug-likeness (QED) is 0.709. The van der Waals surface area contributed by atoms with Gasteiger partial charge in [-0.05, 0) is 78.4 Å². The lowest BCUT2D eigenvalue weighted by atomic mass is 9.78. The highest BCUT2D eigenvalue weighted by Gasteiger charge is 2.32. The van der Waals surface area contributed by atoms with Crippen LogP contribution in [-0.2, 0) is 6.54 Å². The summed E-state index contributed by atoms with van der Waals surface area (Å²) in [5, 5.41) is 0. The summed E-state index contributed by atoms with van der Waals surface area (Å²) < 4.78 is 1.34. The summed E-state index contributed by atoms with van der Waals surface area (Å²) in [5.74, 6) is 0.997. The molecular weight excluding hydrogens is 333 g/mol. The van der Waals surface area contributed by atoms with Crippen molar-refractivity contribution in [2.24, 2.45) is 5.92 Å². The number of rotatable bonds is 2.